The van der Waals surface area contributed by atoms with E-state index in [0.29, 0.717) is 12.3 Å². The van der Waals surface area contributed by atoms with Crippen molar-refractivity contribution in [3.63, 3.8) is 0 Å². The molecule has 5 nitrogen and oxygen atoms in total. The van der Waals surface area contributed by atoms with Gasteiger partial charge < -0.3 is 15.0 Å². The molecule has 1 atom stereocenters. The normalized spacial score (nSPS) is 11.6. The summed E-state index contributed by atoms with van der Waals surface area (Å²) in [7, 11) is 0. The number of amides is 2. The molecule has 2 aromatic rings. The number of ether oxygens (including phenoxy) is 1. The van der Waals surface area contributed by atoms with Gasteiger partial charge in [-0.05, 0) is 62.2 Å². The number of carbonyl (C=O) groups excluding carboxylic acids is 2. The number of benzene rings is 2. The van der Waals surface area contributed by atoms with Crippen LogP contribution in [0.3, 0.4) is 0 Å². The number of rotatable bonds is 8. The molecule has 2 aromatic carbocycles. The second-order valence-corrected chi connectivity index (χ2v) is 7.27. The molecule has 28 heavy (non-hydrogen) atoms. The molecule has 1 N–H and O–H groups in total. The van der Waals surface area contributed by atoms with Crippen molar-refractivity contribution in [2.75, 3.05) is 13.2 Å². The number of nitrogens with one attached hydrogen (secondary N) is 1. The fourth-order valence-electron chi connectivity index (χ4n) is 2.63. The van der Waals surface area contributed by atoms with Crippen LogP contribution in [0, 0.1) is 12.7 Å². The third-order valence-corrected chi connectivity index (χ3v) is 5.17. The van der Waals surface area contributed by atoms with E-state index < -0.39 is 6.04 Å². The molecule has 0 radical (unpaired) electrons. The molecule has 0 aliphatic carbocycles. The average Bonchev–Trinajstić information content (AvgIpc) is 2.68. The van der Waals surface area contributed by atoms with E-state index in [4.69, 9.17) is 4.74 Å². The van der Waals surface area contributed by atoms with Gasteiger partial charge in [0.1, 0.15) is 17.6 Å². The van der Waals surface area contributed by atoms with Crippen LogP contribution in [0.25, 0.3) is 0 Å². The van der Waals surface area contributed by atoms with Crippen LogP contribution in [-0.4, -0.2) is 35.9 Å². The highest BCUT2D eigenvalue weighted by atomic mass is 79.9. The number of aryl methyl sites for hydroxylation is 1. The molecule has 0 saturated heterocycles. The number of nitrogens with zero attached hydrogens (tertiary/aromatic N) is 1. The third kappa shape index (κ3) is 6.05. The first-order valence-corrected chi connectivity index (χ1v) is 9.81. The van der Waals surface area contributed by atoms with Crippen LogP contribution in [-0.2, 0) is 16.1 Å². The molecule has 7 heteroatoms. The van der Waals surface area contributed by atoms with Crippen LogP contribution in [0.5, 0.6) is 5.75 Å². The second-order valence-electron chi connectivity index (χ2n) is 6.42. The number of hydrogen-bond donors (Lipinski definition) is 1. The molecular weight excluding hydrogens is 427 g/mol. The summed E-state index contributed by atoms with van der Waals surface area (Å²) in [4.78, 5) is 26.5. The van der Waals surface area contributed by atoms with Crippen LogP contribution in [0.15, 0.2) is 46.9 Å². The predicted molar refractivity (Wildman–Crippen MR) is 109 cm³/mol. The fourth-order valence-corrected chi connectivity index (χ4v) is 2.87. The van der Waals surface area contributed by atoms with Gasteiger partial charge >= 0.3 is 0 Å². The lowest BCUT2D eigenvalue weighted by molar-refractivity contribution is -0.142. The molecule has 2 amide bonds. The quantitative estimate of drug-likeness (QED) is 0.664. The lowest BCUT2D eigenvalue weighted by atomic mass is 10.1. The summed E-state index contributed by atoms with van der Waals surface area (Å²) in [5, 5.41) is 2.72. The molecule has 0 aromatic heterocycles. The van der Waals surface area contributed by atoms with Gasteiger partial charge in [0.05, 0.1) is 0 Å². The minimum Gasteiger partial charge on any atom is -0.484 e. The topological polar surface area (TPSA) is 58.6 Å². The van der Waals surface area contributed by atoms with Crippen molar-refractivity contribution < 1.29 is 18.7 Å². The maximum absolute atomic E-state index is 13.2. The van der Waals surface area contributed by atoms with E-state index in [-0.39, 0.29) is 30.8 Å². The van der Waals surface area contributed by atoms with Gasteiger partial charge in [-0.15, -0.1) is 0 Å². The molecule has 1 unspecified atom stereocenters. The van der Waals surface area contributed by atoms with E-state index in [2.05, 4.69) is 21.2 Å². The first-order valence-electron chi connectivity index (χ1n) is 9.02. The summed E-state index contributed by atoms with van der Waals surface area (Å²) < 4.78 is 19.8. The minimum atomic E-state index is -0.687. The Morgan fingerprint density at radius 1 is 1.21 bits per heavy atom. The average molecular weight is 451 g/mol. The zero-order chi connectivity index (χ0) is 20.7. The standard InChI is InChI=1S/C21H24BrFN2O3/c1-4-24-21(27)15(3)25(12-16-5-7-17(23)8-6-16)20(26)13-28-18-9-10-19(22)14(2)11-18/h5-11,15H,4,12-13H2,1-3H3,(H,24,27). The lowest BCUT2D eigenvalue weighted by Gasteiger charge is -2.28. The van der Waals surface area contributed by atoms with Crippen molar-refractivity contribution >= 4 is 27.7 Å². The molecular formula is C21H24BrFN2O3. The fraction of sp³-hybridized carbons (Fsp3) is 0.333. The van der Waals surface area contributed by atoms with E-state index in [9.17, 15) is 14.0 Å². The Balaban J connectivity index is 2.13. The Kier molecular flexibility index (Phi) is 7.99. The van der Waals surface area contributed by atoms with Gasteiger partial charge in [0.2, 0.25) is 5.91 Å². The molecule has 150 valence electrons. The van der Waals surface area contributed by atoms with Crippen molar-refractivity contribution in [1.82, 2.24) is 10.2 Å². The molecule has 0 heterocycles. The van der Waals surface area contributed by atoms with E-state index in [0.717, 1.165) is 15.6 Å². The first kappa shape index (κ1) is 21.9. The summed E-state index contributed by atoms with van der Waals surface area (Å²) in [5.74, 6) is -0.366. The summed E-state index contributed by atoms with van der Waals surface area (Å²) >= 11 is 3.42. The Morgan fingerprint density at radius 3 is 2.50 bits per heavy atom. The van der Waals surface area contributed by atoms with Crippen LogP contribution in [0.2, 0.25) is 0 Å². The molecule has 0 aliphatic rings. The van der Waals surface area contributed by atoms with Crippen molar-refractivity contribution in [2.24, 2.45) is 0 Å². The smallest absolute Gasteiger partial charge is 0.261 e. The molecule has 0 spiro atoms. The number of carbonyl (C=O) groups is 2. The molecule has 2 rings (SSSR count). The highest BCUT2D eigenvalue weighted by molar-refractivity contribution is 9.10. The number of halogens is 2. The predicted octanol–water partition coefficient (Wildman–Crippen LogP) is 3.83. The second kappa shape index (κ2) is 10.2. The largest absolute Gasteiger partial charge is 0.484 e. The SMILES string of the molecule is CCNC(=O)C(C)N(Cc1ccc(F)cc1)C(=O)COc1ccc(Br)c(C)c1. The van der Waals surface area contributed by atoms with E-state index in [1.54, 1.807) is 25.1 Å². The van der Waals surface area contributed by atoms with E-state index in [1.165, 1.54) is 17.0 Å². The first-order chi connectivity index (χ1) is 13.3. The van der Waals surface area contributed by atoms with Crippen molar-refractivity contribution in [3.05, 3.63) is 63.9 Å². The maximum atomic E-state index is 13.2. The van der Waals surface area contributed by atoms with Gasteiger partial charge in [0.15, 0.2) is 6.61 Å². The summed E-state index contributed by atoms with van der Waals surface area (Å²) in [6.45, 7) is 5.85. The zero-order valence-electron chi connectivity index (χ0n) is 16.2. The van der Waals surface area contributed by atoms with Crippen molar-refractivity contribution in [2.45, 2.75) is 33.4 Å². The lowest BCUT2D eigenvalue weighted by Crippen LogP contribution is -2.49. The molecule has 0 saturated carbocycles. The van der Waals surface area contributed by atoms with Crippen LogP contribution >= 0.6 is 15.9 Å². The van der Waals surface area contributed by atoms with Gasteiger partial charge in [-0.2, -0.15) is 0 Å². The minimum absolute atomic E-state index is 0.181. The Morgan fingerprint density at radius 2 is 1.89 bits per heavy atom. The van der Waals surface area contributed by atoms with E-state index >= 15 is 0 Å². The van der Waals surface area contributed by atoms with Gasteiger partial charge in [-0.25, -0.2) is 4.39 Å². The summed E-state index contributed by atoms with van der Waals surface area (Å²) in [6.07, 6.45) is 0. The number of hydrogen-bond acceptors (Lipinski definition) is 3. The third-order valence-electron chi connectivity index (χ3n) is 4.28. The van der Waals surface area contributed by atoms with Gasteiger partial charge in [-0.3, -0.25) is 9.59 Å². The summed E-state index contributed by atoms with van der Waals surface area (Å²) in [5.41, 5.74) is 1.72. The van der Waals surface area contributed by atoms with Gasteiger partial charge in [0, 0.05) is 17.6 Å². The maximum Gasteiger partial charge on any atom is 0.261 e. The number of likely N-dealkylation sites (N-methyl/N-ethyl adjacent to an activating group) is 1. The monoisotopic (exact) mass is 450 g/mol. The Hall–Kier alpha value is -2.41. The van der Waals surface area contributed by atoms with Crippen LogP contribution in [0.1, 0.15) is 25.0 Å². The van der Waals surface area contributed by atoms with Crippen LogP contribution in [0.4, 0.5) is 4.39 Å². The highest BCUT2D eigenvalue weighted by Crippen LogP contribution is 2.21. The van der Waals surface area contributed by atoms with Crippen molar-refractivity contribution in [1.29, 1.82) is 0 Å². The summed E-state index contributed by atoms with van der Waals surface area (Å²) in [6, 6.07) is 10.6. The molecule has 0 fully saturated rings. The van der Waals surface area contributed by atoms with Crippen LogP contribution < -0.4 is 10.1 Å². The molecule has 0 aliphatic heterocycles. The van der Waals surface area contributed by atoms with Crippen molar-refractivity contribution in [3.8, 4) is 5.75 Å². The van der Waals surface area contributed by atoms with Gasteiger partial charge in [-0.1, -0.05) is 28.1 Å². The van der Waals surface area contributed by atoms with E-state index in [1.807, 2.05) is 26.0 Å². The molecule has 0 bridgehead atoms. The highest BCUT2D eigenvalue weighted by Gasteiger charge is 2.26. The zero-order valence-corrected chi connectivity index (χ0v) is 17.8. The Bertz CT molecular complexity index is 827. The van der Waals surface area contributed by atoms with Gasteiger partial charge in [0.25, 0.3) is 5.91 Å². The Labute approximate surface area is 173 Å².